The number of nitrogens with zero attached hydrogens (tertiary/aromatic N) is 1. The summed E-state index contributed by atoms with van der Waals surface area (Å²) in [6.07, 6.45) is 14.8. The smallest absolute Gasteiger partial charge is 0.303 e. The molecule has 4 N–H and O–H groups in total. The average molecular weight is 554 g/mol. The number of carboxylic acid groups (broad SMARTS) is 1. The summed E-state index contributed by atoms with van der Waals surface area (Å²) in [4.78, 5) is 15.6. The predicted molar refractivity (Wildman–Crippen MR) is 160 cm³/mol. The molecule has 0 bridgehead atoms. The van der Waals surface area contributed by atoms with Crippen molar-refractivity contribution in [3.05, 3.63) is 30.1 Å². The highest BCUT2D eigenvalue weighted by molar-refractivity contribution is 5.66. The highest BCUT2D eigenvalue weighted by Gasteiger charge is 2.62. The van der Waals surface area contributed by atoms with Crippen LogP contribution < -0.4 is 10.6 Å². The third-order valence-electron chi connectivity index (χ3n) is 12.5. The van der Waals surface area contributed by atoms with Crippen molar-refractivity contribution in [2.24, 2.45) is 46.3 Å². The summed E-state index contributed by atoms with van der Waals surface area (Å²) in [5.74, 6) is 2.66. The van der Waals surface area contributed by atoms with Crippen LogP contribution in [0.1, 0.15) is 104 Å². The minimum absolute atomic E-state index is 0.176. The molecule has 0 saturated heterocycles. The Morgan fingerprint density at radius 3 is 2.60 bits per heavy atom. The zero-order chi connectivity index (χ0) is 28.3. The average Bonchev–Trinajstić information content (AvgIpc) is 3.29. The number of pyridine rings is 1. The minimum Gasteiger partial charge on any atom is -0.481 e. The lowest BCUT2D eigenvalue weighted by Gasteiger charge is -2.62. The van der Waals surface area contributed by atoms with Gasteiger partial charge in [-0.25, -0.2) is 0 Å². The van der Waals surface area contributed by atoms with Gasteiger partial charge in [-0.2, -0.15) is 0 Å². The maximum atomic E-state index is 11.7. The van der Waals surface area contributed by atoms with Gasteiger partial charge in [0.25, 0.3) is 0 Å². The van der Waals surface area contributed by atoms with Crippen LogP contribution in [0.4, 0.5) is 0 Å². The van der Waals surface area contributed by atoms with E-state index in [1.165, 1.54) is 57.8 Å². The number of hydrogen-bond donors (Lipinski definition) is 4. The number of aliphatic carboxylic acids is 1. The predicted octanol–water partition coefficient (Wildman–Crippen LogP) is 6.04. The fraction of sp³-hybridized carbons (Fsp3) is 0.824. The van der Waals surface area contributed by atoms with Gasteiger partial charge in [-0.15, -0.1) is 0 Å². The van der Waals surface area contributed by atoms with E-state index in [0.717, 1.165) is 38.2 Å². The first-order valence-corrected chi connectivity index (χ1v) is 16.5. The lowest BCUT2D eigenvalue weighted by molar-refractivity contribution is -0.167. The maximum Gasteiger partial charge on any atom is 0.303 e. The van der Waals surface area contributed by atoms with Crippen molar-refractivity contribution < 1.29 is 15.0 Å². The van der Waals surface area contributed by atoms with Crippen LogP contribution in [0.3, 0.4) is 0 Å². The molecule has 4 unspecified atom stereocenters. The molecular formula is C34H55N3O3. The van der Waals surface area contributed by atoms with E-state index in [9.17, 15) is 15.0 Å². The summed E-state index contributed by atoms with van der Waals surface area (Å²) >= 11 is 0. The number of fused-ring (bicyclic) bond motifs is 5. The van der Waals surface area contributed by atoms with E-state index in [0.29, 0.717) is 47.0 Å². The molecule has 1 aromatic heterocycles. The molecule has 1 heterocycles. The number of nitrogens with one attached hydrogen (secondary N) is 2. The molecule has 224 valence electrons. The number of aliphatic hydroxyl groups excluding tert-OH is 1. The number of unbranched alkanes of at least 4 members (excludes halogenated alkanes) is 1. The number of rotatable bonds is 12. The van der Waals surface area contributed by atoms with Crippen molar-refractivity contribution in [1.29, 1.82) is 0 Å². The minimum atomic E-state index is -0.671. The molecule has 5 rings (SSSR count). The highest BCUT2D eigenvalue weighted by atomic mass is 16.4. The molecule has 10 atom stereocenters. The van der Waals surface area contributed by atoms with E-state index in [1.54, 1.807) is 0 Å². The van der Waals surface area contributed by atoms with Crippen molar-refractivity contribution >= 4 is 5.97 Å². The van der Waals surface area contributed by atoms with Gasteiger partial charge in [-0.1, -0.05) is 26.8 Å². The van der Waals surface area contributed by atoms with Gasteiger partial charge in [-0.05, 0) is 142 Å². The molecule has 0 amide bonds. The van der Waals surface area contributed by atoms with Crippen LogP contribution in [0.5, 0.6) is 0 Å². The Morgan fingerprint density at radius 1 is 1.05 bits per heavy atom. The van der Waals surface area contributed by atoms with E-state index in [1.807, 2.05) is 18.3 Å². The van der Waals surface area contributed by atoms with Crippen LogP contribution in [0, 0.1) is 46.3 Å². The second-order valence-corrected chi connectivity index (χ2v) is 14.6. The summed E-state index contributed by atoms with van der Waals surface area (Å²) in [6.45, 7) is 10.3. The first-order chi connectivity index (χ1) is 19.2. The van der Waals surface area contributed by atoms with E-state index >= 15 is 0 Å². The molecule has 0 radical (unpaired) electrons. The molecule has 6 heteroatoms. The largest absolute Gasteiger partial charge is 0.481 e. The van der Waals surface area contributed by atoms with Gasteiger partial charge in [0.05, 0.1) is 11.8 Å². The fourth-order valence-electron chi connectivity index (χ4n) is 10.3. The standard InChI is InChI=1S/C34H55N3O3/c1-23(9-12-31(39)40)27-10-11-28-32-29(14-16-34(27,28)3)33(2)15-13-25(20-24(33)21-30(32)38)36-19-7-6-17-35-22-26-8-4-5-18-37-26/h4-5,8,18,23-25,27-30,32,35-36,38H,6-7,9-17,19-22H2,1-3H3,(H,39,40)/t23-,24-,25-,27-,28?,29?,30?,32?,33+,34-/m1/s1. The van der Waals surface area contributed by atoms with Crippen molar-refractivity contribution in [2.75, 3.05) is 13.1 Å². The van der Waals surface area contributed by atoms with E-state index in [-0.39, 0.29) is 17.9 Å². The Labute approximate surface area is 242 Å². The molecule has 1 aromatic rings. The fourth-order valence-corrected chi connectivity index (χ4v) is 10.3. The molecule has 4 fully saturated rings. The lowest BCUT2D eigenvalue weighted by Crippen LogP contribution is -2.59. The van der Waals surface area contributed by atoms with E-state index in [4.69, 9.17) is 0 Å². The highest BCUT2D eigenvalue weighted by Crippen LogP contribution is 2.68. The Kier molecular flexibility index (Phi) is 9.58. The monoisotopic (exact) mass is 553 g/mol. The van der Waals surface area contributed by atoms with E-state index < -0.39 is 5.97 Å². The number of aliphatic hydroxyl groups is 1. The van der Waals surface area contributed by atoms with Crippen molar-refractivity contribution in [2.45, 2.75) is 117 Å². The molecule has 0 spiro atoms. The quantitative estimate of drug-likeness (QED) is 0.236. The molecule has 6 nitrogen and oxygen atoms in total. The van der Waals surface area contributed by atoms with Gasteiger partial charge in [-0.3, -0.25) is 9.78 Å². The van der Waals surface area contributed by atoms with Crippen LogP contribution in [-0.2, 0) is 11.3 Å². The lowest BCUT2D eigenvalue weighted by atomic mass is 9.43. The summed E-state index contributed by atoms with van der Waals surface area (Å²) in [5, 5.41) is 28.3. The van der Waals surface area contributed by atoms with Crippen LogP contribution >= 0.6 is 0 Å². The van der Waals surface area contributed by atoms with Crippen molar-refractivity contribution in [1.82, 2.24) is 15.6 Å². The Bertz CT molecular complexity index is 974. The van der Waals surface area contributed by atoms with Crippen LogP contribution in [0.25, 0.3) is 0 Å². The number of carboxylic acids is 1. The molecule has 0 aliphatic heterocycles. The number of hydrogen-bond acceptors (Lipinski definition) is 5. The van der Waals surface area contributed by atoms with Crippen LogP contribution in [0.2, 0.25) is 0 Å². The third-order valence-corrected chi connectivity index (χ3v) is 12.5. The summed E-state index contributed by atoms with van der Waals surface area (Å²) in [7, 11) is 0. The summed E-state index contributed by atoms with van der Waals surface area (Å²) in [6, 6.07) is 6.65. The van der Waals surface area contributed by atoms with Gasteiger partial charge in [0.2, 0.25) is 0 Å². The van der Waals surface area contributed by atoms with Gasteiger partial charge in [0.1, 0.15) is 0 Å². The Balaban J connectivity index is 1.10. The molecule has 4 aliphatic rings. The first-order valence-electron chi connectivity index (χ1n) is 16.5. The van der Waals surface area contributed by atoms with Crippen molar-refractivity contribution in [3.8, 4) is 0 Å². The Hall–Kier alpha value is -1.50. The normalized spacial score (nSPS) is 39.6. The Morgan fingerprint density at radius 2 is 1.82 bits per heavy atom. The zero-order valence-electron chi connectivity index (χ0n) is 25.3. The van der Waals surface area contributed by atoms with E-state index in [2.05, 4.69) is 42.5 Å². The maximum absolute atomic E-state index is 11.7. The van der Waals surface area contributed by atoms with Gasteiger partial charge >= 0.3 is 5.97 Å². The van der Waals surface area contributed by atoms with Gasteiger partial charge in [0.15, 0.2) is 0 Å². The van der Waals surface area contributed by atoms with Crippen LogP contribution in [0.15, 0.2) is 24.4 Å². The second kappa shape index (κ2) is 12.8. The SMILES string of the molecule is C[C@H](CCC(=O)O)[C@H]1CCC2C3C(O)C[C@H]4C[C@H](NCCCCNCc5ccccn5)CC[C@]4(C)C3CC[C@@]21C. The molecule has 4 aliphatic carbocycles. The topological polar surface area (TPSA) is 94.5 Å². The molecule has 0 aromatic carbocycles. The number of aromatic nitrogens is 1. The summed E-state index contributed by atoms with van der Waals surface area (Å²) < 4.78 is 0. The van der Waals surface area contributed by atoms with Gasteiger partial charge in [0, 0.05) is 25.2 Å². The molecular weight excluding hydrogens is 498 g/mol. The number of carbonyl (C=O) groups is 1. The van der Waals surface area contributed by atoms with Gasteiger partial charge < -0.3 is 20.8 Å². The molecule has 40 heavy (non-hydrogen) atoms. The first kappa shape index (κ1) is 30.0. The zero-order valence-corrected chi connectivity index (χ0v) is 25.3. The van der Waals surface area contributed by atoms with Crippen LogP contribution in [-0.4, -0.2) is 46.4 Å². The summed E-state index contributed by atoms with van der Waals surface area (Å²) in [5.41, 5.74) is 1.71. The van der Waals surface area contributed by atoms with Crippen molar-refractivity contribution in [3.63, 3.8) is 0 Å². The third kappa shape index (κ3) is 6.15. The second-order valence-electron chi connectivity index (χ2n) is 14.6. The molecule has 4 saturated carbocycles.